The Kier molecular flexibility index (Phi) is 7.09. The Morgan fingerprint density at radius 3 is 1.67 bits per heavy atom. The minimum absolute atomic E-state index is 0.449. The van der Waals surface area contributed by atoms with Crippen molar-refractivity contribution in [3.63, 3.8) is 0 Å². The predicted octanol–water partition coefficient (Wildman–Crippen LogP) is 2.96. The summed E-state index contributed by atoms with van der Waals surface area (Å²) in [5, 5.41) is 1.09. The van der Waals surface area contributed by atoms with Gasteiger partial charge < -0.3 is 0 Å². The Morgan fingerprint density at radius 2 is 1.44 bits per heavy atom. The number of rotatable bonds is 4. The fraction of sp³-hybridized carbons (Fsp3) is 1.00. The first-order valence-electron chi connectivity index (χ1n) is 2.72. The molecule has 0 saturated carbocycles. The van der Waals surface area contributed by atoms with E-state index in [9.17, 15) is 0 Å². The molecule has 0 aromatic carbocycles. The lowest BCUT2D eigenvalue weighted by Crippen LogP contribution is -1.86. The maximum atomic E-state index is 4.23. The molecule has 0 N–H and O–H groups in total. The summed E-state index contributed by atoms with van der Waals surface area (Å²) in [7, 11) is 0. The standard InChI is InChI=1S/C5H12S4/c1-4(6)8-3-9-5(2)7/h4-7H,3H2,1-2H3. The molecule has 0 aromatic heterocycles. The van der Waals surface area contributed by atoms with E-state index in [-0.39, 0.29) is 0 Å². The van der Waals surface area contributed by atoms with Crippen molar-refractivity contribution in [2.45, 2.75) is 23.0 Å². The van der Waals surface area contributed by atoms with Gasteiger partial charge in [0.1, 0.15) is 0 Å². The zero-order valence-corrected chi connectivity index (χ0v) is 8.99. The first-order valence-corrected chi connectivity index (χ1v) is 5.85. The molecule has 4 heteroatoms. The van der Waals surface area contributed by atoms with Crippen LogP contribution in [0.2, 0.25) is 0 Å². The second kappa shape index (κ2) is 6.13. The van der Waals surface area contributed by atoms with Crippen molar-refractivity contribution in [2.24, 2.45) is 0 Å². The van der Waals surface area contributed by atoms with Crippen LogP contribution in [0.25, 0.3) is 0 Å². The molecule has 56 valence electrons. The molecule has 0 aliphatic heterocycles. The molecular weight excluding hydrogens is 188 g/mol. The molecule has 0 amide bonds. The second-order valence-corrected chi connectivity index (χ2v) is 6.92. The molecule has 2 unspecified atom stereocenters. The summed E-state index contributed by atoms with van der Waals surface area (Å²) in [4.78, 5) is 0. The van der Waals surface area contributed by atoms with Gasteiger partial charge in [-0.2, -0.15) is 25.3 Å². The van der Waals surface area contributed by atoms with Gasteiger partial charge in [0, 0.05) is 14.2 Å². The van der Waals surface area contributed by atoms with E-state index in [2.05, 4.69) is 39.1 Å². The number of thiol groups is 2. The highest BCUT2D eigenvalue weighted by Gasteiger charge is 1.97. The van der Waals surface area contributed by atoms with Gasteiger partial charge in [0.2, 0.25) is 0 Å². The van der Waals surface area contributed by atoms with Crippen molar-refractivity contribution in [2.75, 3.05) is 5.08 Å². The molecule has 0 aliphatic carbocycles. The van der Waals surface area contributed by atoms with E-state index in [1.165, 1.54) is 0 Å². The first kappa shape index (κ1) is 10.4. The number of hydrogen-bond donors (Lipinski definition) is 2. The van der Waals surface area contributed by atoms with Gasteiger partial charge in [0.25, 0.3) is 0 Å². The number of hydrogen-bond acceptors (Lipinski definition) is 4. The molecule has 0 spiro atoms. The summed E-state index contributed by atoms with van der Waals surface area (Å²) >= 11 is 12.1. The van der Waals surface area contributed by atoms with E-state index in [1.54, 1.807) is 0 Å². The Hall–Kier alpha value is 1.40. The topological polar surface area (TPSA) is 0 Å². The molecule has 0 heterocycles. The van der Waals surface area contributed by atoms with Gasteiger partial charge in [-0.25, -0.2) is 0 Å². The van der Waals surface area contributed by atoms with E-state index >= 15 is 0 Å². The largest absolute Gasteiger partial charge is 0.165 e. The summed E-state index contributed by atoms with van der Waals surface area (Å²) < 4.78 is 0.897. The van der Waals surface area contributed by atoms with Crippen molar-refractivity contribution in [3.8, 4) is 0 Å². The second-order valence-electron chi connectivity index (χ2n) is 1.65. The molecule has 0 bridgehead atoms. The summed E-state index contributed by atoms with van der Waals surface area (Å²) in [6.07, 6.45) is 0. The summed E-state index contributed by atoms with van der Waals surface area (Å²) in [5.74, 6) is 0. The Balaban J connectivity index is 2.91. The quantitative estimate of drug-likeness (QED) is 0.529. The van der Waals surface area contributed by atoms with Crippen LogP contribution < -0.4 is 0 Å². The summed E-state index contributed by atoms with van der Waals surface area (Å²) in [6, 6.07) is 0. The highest BCUT2D eigenvalue weighted by Crippen LogP contribution is 2.23. The lowest BCUT2D eigenvalue weighted by Gasteiger charge is -2.04. The van der Waals surface area contributed by atoms with Crippen molar-refractivity contribution >= 4 is 48.8 Å². The lowest BCUT2D eigenvalue weighted by atomic mass is 11.0. The normalized spacial score (nSPS) is 17.3. The molecule has 2 atom stereocenters. The van der Waals surface area contributed by atoms with Gasteiger partial charge in [-0.05, 0) is 13.8 Å². The van der Waals surface area contributed by atoms with Crippen LogP contribution in [0, 0.1) is 0 Å². The van der Waals surface area contributed by atoms with E-state index in [1.807, 2.05) is 23.5 Å². The molecule has 0 nitrogen and oxygen atoms in total. The van der Waals surface area contributed by atoms with Gasteiger partial charge >= 0.3 is 0 Å². The zero-order valence-electron chi connectivity index (χ0n) is 5.57. The number of thioether (sulfide) groups is 2. The average molecular weight is 200 g/mol. The minimum Gasteiger partial charge on any atom is -0.165 e. The van der Waals surface area contributed by atoms with Crippen molar-refractivity contribution in [3.05, 3.63) is 0 Å². The monoisotopic (exact) mass is 200 g/mol. The Labute approximate surface area is 76.8 Å². The molecule has 9 heavy (non-hydrogen) atoms. The van der Waals surface area contributed by atoms with Crippen LogP contribution in [-0.2, 0) is 0 Å². The van der Waals surface area contributed by atoms with Crippen LogP contribution in [0.15, 0.2) is 0 Å². The predicted molar refractivity (Wildman–Crippen MR) is 56.9 cm³/mol. The summed E-state index contributed by atoms with van der Waals surface area (Å²) in [5.41, 5.74) is 0. The van der Waals surface area contributed by atoms with Crippen LogP contribution >= 0.6 is 48.8 Å². The molecule has 0 aliphatic rings. The third kappa shape index (κ3) is 9.40. The third-order valence-electron chi connectivity index (χ3n) is 0.618. The zero-order chi connectivity index (χ0) is 7.28. The van der Waals surface area contributed by atoms with Crippen LogP contribution in [0.4, 0.5) is 0 Å². The minimum atomic E-state index is 0.449. The summed E-state index contributed by atoms with van der Waals surface area (Å²) in [6.45, 7) is 4.16. The average Bonchev–Trinajstić information content (AvgIpc) is 1.63. The Morgan fingerprint density at radius 1 is 1.11 bits per heavy atom. The maximum absolute atomic E-state index is 4.23. The highest BCUT2D eigenvalue weighted by molar-refractivity contribution is 8.23. The van der Waals surface area contributed by atoms with E-state index in [0.717, 1.165) is 5.08 Å². The molecule has 0 rings (SSSR count). The van der Waals surface area contributed by atoms with Gasteiger partial charge in [-0.3, -0.25) is 0 Å². The molecule has 0 fully saturated rings. The van der Waals surface area contributed by atoms with Crippen LogP contribution in [0.1, 0.15) is 13.8 Å². The lowest BCUT2D eigenvalue weighted by molar-refractivity contribution is 1.43. The first-order chi connectivity index (χ1) is 4.13. The molecule has 0 saturated heterocycles. The van der Waals surface area contributed by atoms with Crippen molar-refractivity contribution < 1.29 is 0 Å². The fourth-order valence-corrected chi connectivity index (χ4v) is 3.22. The van der Waals surface area contributed by atoms with E-state index in [4.69, 9.17) is 0 Å². The van der Waals surface area contributed by atoms with Crippen LogP contribution in [0.5, 0.6) is 0 Å². The van der Waals surface area contributed by atoms with E-state index < -0.39 is 0 Å². The maximum Gasteiger partial charge on any atom is 0.0452 e. The SMILES string of the molecule is CC(S)SCSC(C)S. The molecule has 0 radical (unpaired) electrons. The highest BCUT2D eigenvalue weighted by atomic mass is 32.2. The smallest absolute Gasteiger partial charge is 0.0452 e. The van der Waals surface area contributed by atoms with Crippen molar-refractivity contribution in [1.82, 2.24) is 0 Å². The molecular formula is C5H12S4. The van der Waals surface area contributed by atoms with Gasteiger partial charge in [-0.15, -0.1) is 23.5 Å². The third-order valence-corrected chi connectivity index (χ3v) is 3.57. The molecule has 0 aromatic rings. The van der Waals surface area contributed by atoms with Gasteiger partial charge in [0.05, 0.1) is 0 Å². The fourth-order valence-electron chi connectivity index (χ4n) is 0.236. The van der Waals surface area contributed by atoms with Crippen molar-refractivity contribution in [1.29, 1.82) is 0 Å². The van der Waals surface area contributed by atoms with Crippen LogP contribution in [-0.4, -0.2) is 14.2 Å². The van der Waals surface area contributed by atoms with Gasteiger partial charge in [-0.1, -0.05) is 0 Å². The van der Waals surface area contributed by atoms with Gasteiger partial charge in [0.15, 0.2) is 0 Å². The Bertz CT molecular complexity index is 54.0. The van der Waals surface area contributed by atoms with Crippen LogP contribution in [0.3, 0.4) is 0 Å². The van der Waals surface area contributed by atoms with E-state index in [0.29, 0.717) is 9.16 Å².